The van der Waals surface area contributed by atoms with Crippen molar-refractivity contribution in [3.63, 3.8) is 0 Å². The topological polar surface area (TPSA) is 67.5 Å². The summed E-state index contributed by atoms with van der Waals surface area (Å²) in [6.07, 6.45) is 5.09. The Balaban J connectivity index is 2.39. The van der Waals surface area contributed by atoms with Crippen LogP contribution in [0.2, 0.25) is 0 Å². The van der Waals surface area contributed by atoms with Crippen molar-refractivity contribution >= 4 is 27.4 Å². The lowest BCUT2D eigenvalue weighted by atomic mass is 10.3. The van der Waals surface area contributed by atoms with Gasteiger partial charge >= 0.3 is 5.97 Å². The van der Waals surface area contributed by atoms with Gasteiger partial charge in [-0.15, -0.1) is 0 Å². The number of aromatic carboxylic acids is 1. The van der Waals surface area contributed by atoms with Gasteiger partial charge in [-0.25, -0.2) is 9.78 Å². The quantitative estimate of drug-likeness (QED) is 0.789. The molecule has 0 unspecified atom stereocenters. The number of aromatic nitrogens is 3. The molecule has 5 nitrogen and oxygen atoms in total. The molecule has 0 fully saturated rings. The molecular formula is C13H8BrN3O2. The summed E-state index contributed by atoms with van der Waals surface area (Å²) < 4.78 is 2.43. The van der Waals surface area contributed by atoms with Crippen molar-refractivity contribution in [2.45, 2.75) is 0 Å². The molecule has 3 heterocycles. The first kappa shape index (κ1) is 11.9. The van der Waals surface area contributed by atoms with Gasteiger partial charge in [0.1, 0.15) is 5.82 Å². The molecule has 0 aromatic carbocycles. The summed E-state index contributed by atoms with van der Waals surface area (Å²) in [5, 5.41) is 9.26. The molecule has 19 heavy (non-hydrogen) atoms. The Morgan fingerprint density at radius 1 is 1.32 bits per heavy atom. The predicted molar refractivity (Wildman–Crippen MR) is 73.1 cm³/mol. The highest BCUT2D eigenvalue weighted by Gasteiger charge is 2.19. The second kappa shape index (κ2) is 4.47. The highest BCUT2D eigenvalue weighted by molar-refractivity contribution is 9.10. The summed E-state index contributed by atoms with van der Waals surface area (Å²) in [7, 11) is 0. The Morgan fingerprint density at radius 3 is 2.84 bits per heavy atom. The van der Waals surface area contributed by atoms with Crippen LogP contribution in [0.3, 0.4) is 0 Å². The molecule has 0 aliphatic carbocycles. The van der Waals surface area contributed by atoms with E-state index in [1.54, 1.807) is 35.1 Å². The number of halogens is 1. The fraction of sp³-hybridized carbons (Fsp3) is 0. The van der Waals surface area contributed by atoms with Gasteiger partial charge in [-0.05, 0) is 40.2 Å². The number of nitrogens with zero attached hydrogens (tertiary/aromatic N) is 3. The molecule has 3 rings (SSSR count). The second-order valence-electron chi connectivity index (χ2n) is 3.91. The third-order valence-corrected chi connectivity index (χ3v) is 3.38. The van der Waals surface area contributed by atoms with E-state index in [9.17, 15) is 9.90 Å². The Hall–Kier alpha value is -2.21. The molecule has 0 saturated carbocycles. The maximum absolute atomic E-state index is 11.3. The van der Waals surface area contributed by atoms with Gasteiger partial charge in [0.15, 0.2) is 5.69 Å². The van der Waals surface area contributed by atoms with E-state index < -0.39 is 5.97 Å². The number of hydrogen-bond donors (Lipinski definition) is 1. The average molecular weight is 318 g/mol. The van der Waals surface area contributed by atoms with Crippen LogP contribution in [0.5, 0.6) is 0 Å². The zero-order valence-electron chi connectivity index (χ0n) is 9.62. The van der Waals surface area contributed by atoms with Gasteiger partial charge in [-0.1, -0.05) is 0 Å². The normalized spacial score (nSPS) is 10.8. The molecular weight excluding hydrogens is 310 g/mol. The number of hydrogen-bond acceptors (Lipinski definition) is 3. The first-order valence-electron chi connectivity index (χ1n) is 5.49. The zero-order chi connectivity index (χ0) is 13.4. The molecule has 0 aliphatic rings. The molecule has 1 N–H and O–H groups in total. The van der Waals surface area contributed by atoms with Gasteiger partial charge in [-0.2, -0.15) is 0 Å². The third kappa shape index (κ3) is 1.90. The Labute approximate surface area is 116 Å². The van der Waals surface area contributed by atoms with Crippen molar-refractivity contribution in [2.24, 2.45) is 0 Å². The van der Waals surface area contributed by atoms with Gasteiger partial charge in [0, 0.05) is 28.6 Å². The van der Waals surface area contributed by atoms with Gasteiger partial charge < -0.3 is 5.11 Å². The van der Waals surface area contributed by atoms with Crippen molar-refractivity contribution in [2.75, 3.05) is 0 Å². The zero-order valence-corrected chi connectivity index (χ0v) is 11.2. The van der Waals surface area contributed by atoms with Gasteiger partial charge in [0.2, 0.25) is 0 Å². The summed E-state index contributed by atoms with van der Waals surface area (Å²) in [5.41, 5.74) is 1.32. The lowest BCUT2D eigenvalue weighted by Gasteiger charge is -2.01. The average Bonchev–Trinajstić information content (AvgIpc) is 2.81. The van der Waals surface area contributed by atoms with Crippen LogP contribution in [0, 0.1) is 0 Å². The lowest BCUT2D eigenvalue weighted by Crippen LogP contribution is -1.97. The molecule has 0 amide bonds. The van der Waals surface area contributed by atoms with Gasteiger partial charge in [0.25, 0.3) is 0 Å². The fourth-order valence-corrected chi connectivity index (χ4v) is 2.48. The summed E-state index contributed by atoms with van der Waals surface area (Å²) >= 11 is 3.36. The van der Waals surface area contributed by atoms with Crippen LogP contribution in [0.4, 0.5) is 0 Å². The largest absolute Gasteiger partial charge is 0.476 e. The third-order valence-electron chi connectivity index (χ3n) is 2.74. The monoisotopic (exact) mass is 317 g/mol. The van der Waals surface area contributed by atoms with Crippen molar-refractivity contribution < 1.29 is 9.90 Å². The van der Waals surface area contributed by atoms with E-state index in [4.69, 9.17) is 0 Å². The van der Waals surface area contributed by atoms with Crippen LogP contribution in [0.1, 0.15) is 10.5 Å². The molecule has 94 valence electrons. The minimum Gasteiger partial charge on any atom is -0.476 e. The van der Waals surface area contributed by atoms with E-state index >= 15 is 0 Å². The summed E-state index contributed by atoms with van der Waals surface area (Å²) in [6.45, 7) is 0. The number of imidazole rings is 1. The van der Waals surface area contributed by atoms with Crippen molar-refractivity contribution in [1.29, 1.82) is 0 Å². The summed E-state index contributed by atoms with van der Waals surface area (Å²) in [5.74, 6) is -0.499. The van der Waals surface area contributed by atoms with Crippen LogP contribution < -0.4 is 0 Å². The van der Waals surface area contributed by atoms with E-state index in [0.717, 1.165) is 5.56 Å². The van der Waals surface area contributed by atoms with Gasteiger partial charge in [-0.3, -0.25) is 9.38 Å². The van der Waals surface area contributed by atoms with Crippen LogP contribution in [0.25, 0.3) is 16.9 Å². The minimum absolute atomic E-state index is 0.0197. The molecule has 0 saturated heterocycles. The maximum Gasteiger partial charge on any atom is 0.356 e. The summed E-state index contributed by atoms with van der Waals surface area (Å²) in [4.78, 5) is 19.5. The highest BCUT2D eigenvalue weighted by Crippen LogP contribution is 2.27. The SMILES string of the molecule is O=C(O)c1nc(-c2cccnc2)n2cccc(Br)c12. The molecule has 6 heteroatoms. The molecule has 0 bridgehead atoms. The smallest absolute Gasteiger partial charge is 0.356 e. The van der Waals surface area contributed by atoms with Crippen molar-refractivity contribution in [3.05, 3.63) is 53.0 Å². The molecule has 0 spiro atoms. The van der Waals surface area contributed by atoms with Crippen LogP contribution in [-0.4, -0.2) is 25.4 Å². The minimum atomic E-state index is -1.06. The molecule has 3 aromatic rings. The number of carboxylic acid groups (broad SMARTS) is 1. The fourth-order valence-electron chi connectivity index (χ4n) is 1.95. The van der Waals surface area contributed by atoms with Crippen LogP contribution in [-0.2, 0) is 0 Å². The molecule has 0 aliphatic heterocycles. The van der Waals surface area contributed by atoms with E-state index in [-0.39, 0.29) is 5.69 Å². The van der Waals surface area contributed by atoms with E-state index in [1.807, 2.05) is 12.1 Å². The predicted octanol–water partition coefficient (Wildman–Crippen LogP) is 2.86. The first-order valence-corrected chi connectivity index (χ1v) is 6.28. The van der Waals surface area contributed by atoms with Crippen molar-refractivity contribution in [1.82, 2.24) is 14.4 Å². The number of fused-ring (bicyclic) bond motifs is 1. The number of carboxylic acids is 1. The first-order chi connectivity index (χ1) is 9.18. The summed E-state index contributed by atoms with van der Waals surface area (Å²) in [6, 6.07) is 7.24. The maximum atomic E-state index is 11.3. The van der Waals surface area contributed by atoms with Gasteiger partial charge in [0.05, 0.1) is 5.52 Å². The number of carbonyl (C=O) groups is 1. The Kier molecular flexibility index (Phi) is 2.79. The van der Waals surface area contributed by atoms with E-state index in [1.165, 1.54) is 0 Å². The van der Waals surface area contributed by atoms with Crippen LogP contribution in [0.15, 0.2) is 47.3 Å². The molecule has 0 radical (unpaired) electrons. The Morgan fingerprint density at radius 2 is 2.16 bits per heavy atom. The van der Waals surface area contributed by atoms with E-state index in [2.05, 4.69) is 25.9 Å². The lowest BCUT2D eigenvalue weighted by molar-refractivity contribution is 0.0693. The van der Waals surface area contributed by atoms with Crippen molar-refractivity contribution in [3.8, 4) is 11.4 Å². The highest BCUT2D eigenvalue weighted by atomic mass is 79.9. The molecule has 3 aromatic heterocycles. The second-order valence-corrected chi connectivity index (χ2v) is 4.76. The number of pyridine rings is 2. The Bertz CT molecular complexity index is 768. The van der Waals surface area contributed by atoms with E-state index in [0.29, 0.717) is 15.8 Å². The standard InChI is InChI=1S/C13H8BrN3O2/c14-9-4-2-6-17-11(9)10(13(18)19)16-12(17)8-3-1-5-15-7-8/h1-7H,(H,18,19). The number of rotatable bonds is 2. The van der Waals surface area contributed by atoms with Crippen LogP contribution >= 0.6 is 15.9 Å². The molecule has 0 atom stereocenters.